The maximum absolute atomic E-state index is 11.9. The quantitative estimate of drug-likeness (QED) is 0.435. The lowest BCUT2D eigenvalue weighted by Gasteiger charge is -2.15. The van der Waals surface area contributed by atoms with Crippen LogP contribution in [0, 0.1) is 0 Å². The summed E-state index contributed by atoms with van der Waals surface area (Å²) in [5, 5.41) is 6.26. The predicted octanol–water partition coefficient (Wildman–Crippen LogP) is 2.62. The minimum atomic E-state index is -4.12. The Hall–Kier alpha value is 0.140. The molecule has 0 aromatic rings. The van der Waals surface area contributed by atoms with Crippen LogP contribution in [0.1, 0.15) is 19.3 Å². The van der Waals surface area contributed by atoms with E-state index in [4.69, 9.17) is 0 Å². The minimum absolute atomic E-state index is 0. The van der Waals surface area contributed by atoms with Crippen molar-refractivity contribution in [2.24, 2.45) is 4.99 Å². The average molecular weight is 397 g/mol. The van der Waals surface area contributed by atoms with Crippen molar-refractivity contribution in [1.29, 1.82) is 0 Å². The van der Waals surface area contributed by atoms with Crippen molar-refractivity contribution in [3.8, 4) is 0 Å². The van der Waals surface area contributed by atoms with Crippen LogP contribution in [-0.2, 0) is 0 Å². The van der Waals surface area contributed by atoms with Gasteiger partial charge in [0.25, 0.3) is 0 Å². The first-order valence-electron chi connectivity index (χ1n) is 5.64. The van der Waals surface area contributed by atoms with Gasteiger partial charge in [0.1, 0.15) is 0 Å². The Morgan fingerprint density at radius 1 is 1.39 bits per heavy atom. The maximum atomic E-state index is 11.9. The molecule has 0 bridgehead atoms. The van der Waals surface area contributed by atoms with E-state index in [2.05, 4.69) is 15.6 Å². The molecule has 1 heterocycles. The van der Waals surface area contributed by atoms with Crippen LogP contribution in [0.25, 0.3) is 0 Å². The smallest absolute Gasteiger partial charge is 0.356 e. The lowest BCUT2D eigenvalue weighted by atomic mass is 10.2. The first-order valence-corrected chi connectivity index (χ1v) is 6.69. The summed E-state index contributed by atoms with van der Waals surface area (Å²) in [5.41, 5.74) is 0. The fourth-order valence-electron chi connectivity index (χ4n) is 1.56. The lowest BCUT2D eigenvalue weighted by molar-refractivity contribution is -0.132. The van der Waals surface area contributed by atoms with E-state index in [0.29, 0.717) is 11.2 Å². The van der Waals surface area contributed by atoms with Crippen molar-refractivity contribution >= 4 is 41.7 Å². The van der Waals surface area contributed by atoms with E-state index in [1.54, 1.807) is 7.05 Å². The van der Waals surface area contributed by atoms with Crippen molar-refractivity contribution in [3.05, 3.63) is 0 Å². The van der Waals surface area contributed by atoms with Crippen molar-refractivity contribution in [3.63, 3.8) is 0 Å². The van der Waals surface area contributed by atoms with Crippen LogP contribution >= 0.6 is 35.7 Å². The molecule has 1 aliphatic heterocycles. The maximum Gasteiger partial charge on any atom is 0.390 e. The number of rotatable bonds is 4. The molecule has 0 spiro atoms. The number of hydrogen-bond acceptors (Lipinski definition) is 2. The topological polar surface area (TPSA) is 36.4 Å². The summed E-state index contributed by atoms with van der Waals surface area (Å²) < 4.78 is 35.8. The number of alkyl halides is 3. The summed E-state index contributed by atoms with van der Waals surface area (Å²) in [7, 11) is 1.56. The van der Waals surface area contributed by atoms with Crippen LogP contribution in [0.2, 0.25) is 0 Å². The first-order chi connectivity index (χ1) is 8.01. The van der Waals surface area contributed by atoms with E-state index in [-0.39, 0.29) is 30.5 Å². The van der Waals surface area contributed by atoms with Gasteiger partial charge in [-0.1, -0.05) is 0 Å². The zero-order chi connectivity index (χ0) is 12.7. The van der Waals surface area contributed by atoms with E-state index in [0.717, 1.165) is 13.0 Å². The number of nitrogens with zero attached hydrogens (tertiary/aromatic N) is 1. The Morgan fingerprint density at radius 3 is 2.61 bits per heavy atom. The molecule has 8 heteroatoms. The second-order valence-corrected chi connectivity index (χ2v) is 5.29. The summed E-state index contributed by atoms with van der Waals surface area (Å²) in [6, 6.07) is 0. The number of aliphatic imine (C=N–C) groups is 1. The fraction of sp³-hybridized carbons (Fsp3) is 0.900. The lowest BCUT2D eigenvalue weighted by Crippen LogP contribution is -2.41. The molecule has 0 aromatic carbocycles. The summed E-state index contributed by atoms with van der Waals surface area (Å²) in [6.45, 7) is 0.622. The zero-order valence-electron chi connectivity index (χ0n) is 10.2. The van der Waals surface area contributed by atoms with Gasteiger partial charge in [0, 0.05) is 25.4 Å². The van der Waals surface area contributed by atoms with Crippen LogP contribution < -0.4 is 10.6 Å². The molecule has 0 radical (unpaired) electrons. The van der Waals surface area contributed by atoms with Crippen LogP contribution in [0.4, 0.5) is 13.2 Å². The van der Waals surface area contributed by atoms with Gasteiger partial charge in [-0.25, -0.2) is 0 Å². The van der Waals surface area contributed by atoms with Crippen LogP contribution in [0.3, 0.4) is 0 Å². The molecule has 1 atom stereocenters. The minimum Gasteiger partial charge on any atom is -0.356 e. The number of nitrogens with one attached hydrogen (secondary N) is 2. The summed E-state index contributed by atoms with van der Waals surface area (Å²) in [6.07, 6.45) is -2.58. The Bertz CT molecular complexity index is 255. The average Bonchev–Trinajstić information content (AvgIpc) is 2.74. The van der Waals surface area contributed by atoms with Gasteiger partial charge >= 0.3 is 6.18 Å². The Labute approximate surface area is 127 Å². The summed E-state index contributed by atoms with van der Waals surface area (Å²) in [4.78, 5) is 3.89. The molecular weight excluding hydrogens is 378 g/mol. The molecule has 0 aromatic heterocycles. The normalized spacial score (nSPS) is 20.4. The van der Waals surface area contributed by atoms with Crippen LogP contribution in [0.5, 0.6) is 0 Å². The van der Waals surface area contributed by atoms with Gasteiger partial charge in [0.2, 0.25) is 0 Å². The number of guanidine groups is 1. The monoisotopic (exact) mass is 397 g/mol. The number of halogens is 4. The number of thioether (sulfide) groups is 1. The number of hydrogen-bond donors (Lipinski definition) is 2. The summed E-state index contributed by atoms with van der Waals surface area (Å²) in [5.74, 6) is 1.62. The molecule has 1 saturated heterocycles. The highest BCUT2D eigenvalue weighted by molar-refractivity contribution is 14.0. The van der Waals surface area contributed by atoms with Crippen molar-refractivity contribution in [2.45, 2.75) is 30.7 Å². The SMILES string of the molecule is CN=C(NCCC(F)(F)F)NCC1CCCS1.I. The Balaban J connectivity index is 0.00000289. The molecule has 1 fully saturated rings. The third-order valence-corrected chi connectivity index (χ3v) is 3.84. The fourth-order valence-corrected chi connectivity index (χ4v) is 2.76. The molecule has 3 nitrogen and oxygen atoms in total. The Morgan fingerprint density at radius 2 is 2.11 bits per heavy atom. The molecule has 1 rings (SSSR count). The standard InChI is InChI=1S/C10H18F3N3S.HI/c1-14-9(15-5-4-10(11,12)13)16-7-8-3-2-6-17-8;/h8H,2-7H2,1H3,(H2,14,15,16);1H. The third-order valence-electron chi connectivity index (χ3n) is 2.45. The van der Waals surface area contributed by atoms with Crippen molar-refractivity contribution in [2.75, 3.05) is 25.9 Å². The van der Waals surface area contributed by atoms with Crippen molar-refractivity contribution in [1.82, 2.24) is 10.6 Å². The van der Waals surface area contributed by atoms with E-state index in [1.807, 2.05) is 11.8 Å². The molecule has 2 N–H and O–H groups in total. The molecule has 0 aliphatic carbocycles. The van der Waals surface area contributed by atoms with Gasteiger partial charge in [-0.15, -0.1) is 24.0 Å². The molecule has 1 aliphatic rings. The van der Waals surface area contributed by atoms with Gasteiger partial charge in [-0.05, 0) is 18.6 Å². The van der Waals surface area contributed by atoms with E-state index < -0.39 is 12.6 Å². The zero-order valence-corrected chi connectivity index (χ0v) is 13.4. The van der Waals surface area contributed by atoms with Gasteiger partial charge in [0.05, 0.1) is 6.42 Å². The van der Waals surface area contributed by atoms with Gasteiger partial charge in [-0.2, -0.15) is 24.9 Å². The van der Waals surface area contributed by atoms with Crippen molar-refractivity contribution < 1.29 is 13.2 Å². The van der Waals surface area contributed by atoms with E-state index in [9.17, 15) is 13.2 Å². The summed E-state index contributed by atoms with van der Waals surface area (Å²) >= 11 is 1.90. The highest BCUT2D eigenvalue weighted by atomic mass is 127. The molecule has 108 valence electrons. The third kappa shape index (κ3) is 8.28. The van der Waals surface area contributed by atoms with E-state index >= 15 is 0 Å². The van der Waals surface area contributed by atoms with E-state index in [1.165, 1.54) is 12.2 Å². The highest BCUT2D eigenvalue weighted by Gasteiger charge is 2.26. The second-order valence-electron chi connectivity index (χ2n) is 3.88. The molecule has 18 heavy (non-hydrogen) atoms. The van der Waals surface area contributed by atoms with Gasteiger partial charge in [0.15, 0.2) is 5.96 Å². The van der Waals surface area contributed by atoms with Crippen LogP contribution in [0.15, 0.2) is 4.99 Å². The Kier molecular flexibility index (Phi) is 9.18. The van der Waals surface area contributed by atoms with Gasteiger partial charge < -0.3 is 10.6 Å². The van der Waals surface area contributed by atoms with Crippen LogP contribution in [-0.4, -0.2) is 43.3 Å². The molecule has 0 saturated carbocycles. The molecule has 0 amide bonds. The largest absolute Gasteiger partial charge is 0.390 e. The first kappa shape index (κ1) is 18.1. The highest BCUT2D eigenvalue weighted by Crippen LogP contribution is 2.25. The molecular formula is C10H19F3IN3S. The second kappa shape index (κ2) is 9.11. The molecule has 1 unspecified atom stereocenters. The predicted molar refractivity (Wildman–Crippen MR) is 80.9 cm³/mol. The van der Waals surface area contributed by atoms with Gasteiger partial charge in [-0.3, -0.25) is 4.99 Å².